The van der Waals surface area contributed by atoms with Crippen molar-refractivity contribution in [1.82, 2.24) is 9.29 Å². The van der Waals surface area contributed by atoms with Crippen LogP contribution in [0.1, 0.15) is 19.5 Å². The van der Waals surface area contributed by atoms with E-state index in [2.05, 4.69) is 4.98 Å². The van der Waals surface area contributed by atoms with Crippen LogP contribution in [-0.4, -0.2) is 31.3 Å². The van der Waals surface area contributed by atoms with Crippen molar-refractivity contribution in [3.8, 4) is 0 Å². The molecule has 1 heterocycles. The minimum absolute atomic E-state index is 0.206. The standard InChI is InChI=1S/C11H19N3O2S/c1-9(2)8-14(3)17(15,16)11-5-4-10(6-12)13-7-11/h4-5,7,9H,6,8,12H2,1-3H3. The number of pyridine rings is 1. The lowest BCUT2D eigenvalue weighted by Crippen LogP contribution is -2.30. The lowest BCUT2D eigenvalue weighted by atomic mass is 10.2. The minimum atomic E-state index is -3.43. The highest BCUT2D eigenvalue weighted by atomic mass is 32.2. The fourth-order valence-electron chi connectivity index (χ4n) is 1.48. The molecule has 0 aliphatic carbocycles. The molecule has 0 radical (unpaired) electrons. The SMILES string of the molecule is CC(C)CN(C)S(=O)(=O)c1ccc(CN)nc1. The van der Waals surface area contributed by atoms with E-state index in [1.165, 1.54) is 10.5 Å². The number of nitrogens with zero attached hydrogens (tertiary/aromatic N) is 2. The van der Waals surface area contributed by atoms with Gasteiger partial charge in [-0.1, -0.05) is 13.8 Å². The normalized spacial score (nSPS) is 12.4. The highest BCUT2D eigenvalue weighted by Gasteiger charge is 2.21. The Balaban J connectivity index is 2.96. The molecule has 5 nitrogen and oxygen atoms in total. The van der Waals surface area contributed by atoms with E-state index >= 15 is 0 Å². The van der Waals surface area contributed by atoms with Gasteiger partial charge in [-0.15, -0.1) is 0 Å². The zero-order valence-corrected chi connectivity index (χ0v) is 11.2. The first-order valence-electron chi connectivity index (χ1n) is 5.49. The van der Waals surface area contributed by atoms with Crippen LogP contribution in [-0.2, 0) is 16.6 Å². The first-order chi connectivity index (χ1) is 7.87. The average molecular weight is 257 g/mol. The molecule has 0 fully saturated rings. The second-order valence-corrected chi connectivity index (χ2v) is 6.41. The third kappa shape index (κ3) is 3.49. The summed E-state index contributed by atoms with van der Waals surface area (Å²) in [6, 6.07) is 3.18. The first-order valence-corrected chi connectivity index (χ1v) is 6.93. The summed E-state index contributed by atoms with van der Waals surface area (Å²) in [6.45, 7) is 4.74. The van der Waals surface area contributed by atoms with Crippen LogP contribution in [0.15, 0.2) is 23.2 Å². The van der Waals surface area contributed by atoms with Crippen molar-refractivity contribution in [2.75, 3.05) is 13.6 Å². The molecule has 0 atom stereocenters. The smallest absolute Gasteiger partial charge is 0.244 e. The predicted molar refractivity (Wildman–Crippen MR) is 66.8 cm³/mol. The lowest BCUT2D eigenvalue weighted by Gasteiger charge is -2.18. The molecule has 2 N–H and O–H groups in total. The van der Waals surface area contributed by atoms with E-state index in [1.807, 2.05) is 13.8 Å². The molecule has 0 bridgehead atoms. The largest absolute Gasteiger partial charge is 0.325 e. The number of aromatic nitrogens is 1. The molecular formula is C11H19N3O2S. The molecular weight excluding hydrogens is 238 g/mol. The summed E-state index contributed by atoms with van der Waals surface area (Å²) >= 11 is 0. The van der Waals surface area contributed by atoms with E-state index in [9.17, 15) is 8.42 Å². The molecule has 0 amide bonds. The molecule has 1 rings (SSSR count). The molecule has 0 unspecified atom stereocenters. The number of rotatable bonds is 5. The fourth-order valence-corrected chi connectivity index (χ4v) is 2.76. The van der Waals surface area contributed by atoms with Crippen molar-refractivity contribution < 1.29 is 8.42 Å². The van der Waals surface area contributed by atoms with Gasteiger partial charge in [0.2, 0.25) is 10.0 Å². The second-order valence-electron chi connectivity index (χ2n) is 4.37. The Bertz CT molecular complexity index is 454. The van der Waals surface area contributed by atoms with Gasteiger partial charge in [0.15, 0.2) is 0 Å². The van der Waals surface area contributed by atoms with Crippen molar-refractivity contribution in [3.05, 3.63) is 24.0 Å². The summed E-state index contributed by atoms with van der Waals surface area (Å²) < 4.78 is 25.6. The summed E-state index contributed by atoms with van der Waals surface area (Å²) in [5.74, 6) is 0.283. The van der Waals surface area contributed by atoms with Gasteiger partial charge in [-0.2, -0.15) is 0 Å². The average Bonchev–Trinajstić information content (AvgIpc) is 2.28. The van der Waals surface area contributed by atoms with Gasteiger partial charge >= 0.3 is 0 Å². The summed E-state index contributed by atoms with van der Waals surface area (Å²) in [4.78, 5) is 4.20. The van der Waals surface area contributed by atoms with E-state index in [0.717, 1.165) is 0 Å². The van der Waals surface area contributed by atoms with Gasteiger partial charge < -0.3 is 5.73 Å². The van der Waals surface area contributed by atoms with Gasteiger partial charge in [0.25, 0.3) is 0 Å². The molecule has 0 saturated carbocycles. The Morgan fingerprint density at radius 2 is 2.06 bits per heavy atom. The Hall–Kier alpha value is -0.980. The van der Waals surface area contributed by atoms with Crippen LogP contribution in [0.5, 0.6) is 0 Å². The van der Waals surface area contributed by atoms with Crippen LogP contribution in [0.2, 0.25) is 0 Å². The van der Waals surface area contributed by atoms with Crippen LogP contribution in [0.25, 0.3) is 0 Å². The topological polar surface area (TPSA) is 76.3 Å². The van der Waals surface area contributed by atoms with Crippen LogP contribution >= 0.6 is 0 Å². The van der Waals surface area contributed by atoms with Crippen molar-refractivity contribution in [2.45, 2.75) is 25.3 Å². The van der Waals surface area contributed by atoms with Gasteiger partial charge in [0.1, 0.15) is 4.90 Å². The molecule has 96 valence electrons. The zero-order chi connectivity index (χ0) is 13.1. The van der Waals surface area contributed by atoms with Crippen LogP contribution in [0, 0.1) is 5.92 Å². The quantitative estimate of drug-likeness (QED) is 0.847. The van der Waals surface area contributed by atoms with E-state index < -0.39 is 10.0 Å². The number of sulfonamides is 1. The van der Waals surface area contributed by atoms with E-state index in [4.69, 9.17) is 5.73 Å². The Morgan fingerprint density at radius 1 is 1.41 bits per heavy atom. The van der Waals surface area contributed by atoms with Crippen molar-refractivity contribution >= 4 is 10.0 Å². The molecule has 0 aliphatic rings. The van der Waals surface area contributed by atoms with Crippen LogP contribution in [0.4, 0.5) is 0 Å². The van der Waals surface area contributed by atoms with E-state index in [-0.39, 0.29) is 10.8 Å². The first kappa shape index (κ1) is 14.1. The maximum Gasteiger partial charge on any atom is 0.244 e. The summed E-state index contributed by atoms with van der Waals surface area (Å²) in [7, 11) is -1.85. The van der Waals surface area contributed by atoms with Crippen LogP contribution < -0.4 is 5.73 Å². The van der Waals surface area contributed by atoms with Crippen LogP contribution in [0.3, 0.4) is 0 Å². The van der Waals surface area contributed by atoms with Crippen molar-refractivity contribution in [2.24, 2.45) is 11.7 Å². The monoisotopic (exact) mass is 257 g/mol. The number of hydrogen-bond donors (Lipinski definition) is 1. The molecule has 1 aromatic rings. The minimum Gasteiger partial charge on any atom is -0.325 e. The lowest BCUT2D eigenvalue weighted by molar-refractivity contribution is 0.417. The summed E-state index contributed by atoms with van der Waals surface area (Å²) in [5, 5.41) is 0. The van der Waals surface area contributed by atoms with Gasteiger partial charge in [-0.25, -0.2) is 12.7 Å². The number of hydrogen-bond acceptors (Lipinski definition) is 4. The third-order valence-corrected chi connectivity index (χ3v) is 4.14. The molecule has 0 aliphatic heterocycles. The van der Waals surface area contributed by atoms with Gasteiger partial charge in [-0.3, -0.25) is 4.98 Å². The molecule has 0 spiro atoms. The van der Waals surface area contributed by atoms with Gasteiger partial charge in [-0.05, 0) is 18.1 Å². The molecule has 0 aromatic carbocycles. The van der Waals surface area contributed by atoms with Gasteiger partial charge in [0, 0.05) is 26.3 Å². The highest BCUT2D eigenvalue weighted by Crippen LogP contribution is 2.14. The summed E-state index contributed by atoms with van der Waals surface area (Å²) in [5.41, 5.74) is 6.09. The van der Waals surface area contributed by atoms with Crippen molar-refractivity contribution in [3.63, 3.8) is 0 Å². The molecule has 0 saturated heterocycles. The third-order valence-electron chi connectivity index (χ3n) is 2.34. The van der Waals surface area contributed by atoms with E-state index in [1.54, 1.807) is 19.2 Å². The van der Waals surface area contributed by atoms with E-state index in [0.29, 0.717) is 18.8 Å². The maximum atomic E-state index is 12.1. The van der Waals surface area contributed by atoms with Gasteiger partial charge in [0.05, 0.1) is 5.69 Å². The zero-order valence-electron chi connectivity index (χ0n) is 10.4. The molecule has 1 aromatic heterocycles. The molecule has 6 heteroatoms. The predicted octanol–water partition coefficient (Wildman–Crippen LogP) is 0.817. The summed E-state index contributed by atoms with van der Waals surface area (Å²) in [6.07, 6.45) is 1.36. The van der Waals surface area contributed by atoms with Crippen molar-refractivity contribution in [1.29, 1.82) is 0 Å². The second kappa shape index (κ2) is 5.57. The molecule has 17 heavy (non-hydrogen) atoms. The Kier molecular flexibility index (Phi) is 4.62. The Morgan fingerprint density at radius 3 is 2.47 bits per heavy atom. The fraction of sp³-hybridized carbons (Fsp3) is 0.545. The maximum absolute atomic E-state index is 12.1. The number of nitrogens with two attached hydrogens (primary N) is 1. The Labute approximate surface area is 103 Å². The highest BCUT2D eigenvalue weighted by molar-refractivity contribution is 7.89.